The molecular weight excluding hydrogens is 412 g/mol. The number of carbonyl (C=O) groups excluding carboxylic acids is 2. The van der Waals surface area contributed by atoms with E-state index in [1.54, 1.807) is 60.3 Å². The van der Waals surface area contributed by atoms with E-state index in [2.05, 4.69) is 5.32 Å². The first-order chi connectivity index (χ1) is 14.0. The van der Waals surface area contributed by atoms with Gasteiger partial charge in [-0.3, -0.25) is 4.79 Å². The quantitative estimate of drug-likeness (QED) is 0.455. The van der Waals surface area contributed by atoms with Gasteiger partial charge in [0.05, 0.1) is 22.2 Å². The van der Waals surface area contributed by atoms with E-state index in [-0.39, 0.29) is 13.2 Å². The summed E-state index contributed by atoms with van der Waals surface area (Å²) in [4.78, 5) is 24.9. The zero-order valence-electron chi connectivity index (χ0n) is 15.9. The molecule has 2 aromatic carbocycles. The summed E-state index contributed by atoms with van der Waals surface area (Å²) in [5, 5.41) is 11.8. The van der Waals surface area contributed by atoms with Crippen LogP contribution in [0, 0.1) is 11.3 Å². The summed E-state index contributed by atoms with van der Waals surface area (Å²) in [6.45, 7) is 0.196. The summed E-state index contributed by atoms with van der Waals surface area (Å²) >= 11 is 7.62. The van der Waals surface area contributed by atoms with Crippen LogP contribution in [-0.2, 0) is 9.53 Å². The van der Waals surface area contributed by atoms with Gasteiger partial charge in [-0.15, -0.1) is 0 Å². The molecule has 0 aromatic heterocycles. The van der Waals surface area contributed by atoms with E-state index >= 15 is 0 Å². The molecular formula is C21H21ClN2O4S. The fourth-order valence-electron chi connectivity index (χ4n) is 2.39. The van der Waals surface area contributed by atoms with Gasteiger partial charge < -0.3 is 14.8 Å². The number of hydrogen-bond acceptors (Lipinski definition) is 6. The number of nitrogens with one attached hydrogen (secondary N) is 1. The van der Waals surface area contributed by atoms with E-state index in [1.807, 2.05) is 12.3 Å². The van der Waals surface area contributed by atoms with E-state index in [0.29, 0.717) is 34.1 Å². The summed E-state index contributed by atoms with van der Waals surface area (Å²) in [7, 11) is 0. The number of nitrogens with zero attached hydrogens (tertiary/aromatic N) is 1. The number of carbonyl (C=O) groups is 2. The topological polar surface area (TPSA) is 88.4 Å². The SMILES string of the molecule is CSCCC(NC(=O)c1ccccc1Cl)C(=O)OCCOc1ccc(C#N)cc1. The minimum atomic E-state index is -0.777. The lowest BCUT2D eigenvalue weighted by Gasteiger charge is -2.18. The third-order valence-corrected chi connectivity index (χ3v) is 4.87. The Morgan fingerprint density at radius 1 is 1.17 bits per heavy atom. The van der Waals surface area contributed by atoms with Crippen molar-refractivity contribution in [3.63, 3.8) is 0 Å². The predicted octanol–water partition coefficient (Wildman–Crippen LogP) is 3.69. The predicted molar refractivity (Wildman–Crippen MR) is 113 cm³/mol. The highest BCUT2D eigenvalue weighted by molar-refractivity contribution is 7.98. The Balaban J connectivity index is 1.86. The number of nitriles is 1. The number of amides is 1. The van der Waals surface area contributed by atoms with E-state index in [9.17, 15) is 9.59 Å². The van der Waals surface area contributed by atoms with E-state index < -0.39 is 17.9 Å². The molecule has 8 heteroatoms. The smallest absolute Gasteiger partial charge is 0.328 e. The number of thioether (sulfide) groups is 1. The normalized spacial score (nSPS) is 11.2. The van der Waals surface area contributed by atoms with Crippen molar-refractivity contribution >= 4 is 35.2 Å². The number of rotatable bonds is 10. The van der Waals surface area contributed by atoms with Crippen molar-refractivity contribution in [1.29, 1.82) is 5.26 Å². The highest BCUT2D eigenvalue weighted by Crippen LogP contribution is 2.15. The van der Waals surface area contributed by atoms with Gasteiger partial charge in [0, 0.05) is 0 Å². The molecule has 0 aliphatic rings. The number of ether oxygens (including phenoxy) is 2. The average Bonchev–Trinajstić information content (AvgIpc) is 2.74. The molecule has 152 valence electrons. The maximum absolute atomic E-state index is 12.5. The third kappa shape index (κ3) is 7.33. The van der Waals surface area contributed by atoms with Crippen molar-refractivity contribution in [3.05, 3.63) is 64.7 Å². The van der Waals surface area contributed by atoms with Crippen LogP contribution >= 0.6 is 23.4 Å². The van der Waals surface area contributed by atoms with E-state index in [0.717, 1.165) is 0 Å². The van der Waals surface area contributed by atoms with Crippen molar-refractivity contribution in [2.24, 2.45) is 0 Å². The van der Waals surface area contributed by atoms with Crippen LogP contribution in [0.3, 0.4) is 0 Å². The number of hydrogen-bond donors (Lipinski definition) is 1. The van der Waals surface area contributed by atoms with Gasteiger partial charge in [0.1, 0.15) is 25.0 Å². The van der Waals surface area contributed by atoms with Crippen LogP contribution in [-0.4, -0.2) is 43.1 Å². The Labute approximate surface area is 179 Å². The standard InChI is InChI=1S/C21H21ClN2O4S/c1-29-13-10-19(24-20(25)17-4-2-3-5-18(17)22)21(26)28-12-11-27-16-8-6-15(14-23)7-9-16/h2-9,19H,10-13H2,1H3,(H,24,25). The monoisotopic (exact) mass is 432 g/mol. The lowest BCUT2D eigenvalue weighted by Crippen LogP contribution is -2.42. The van der Waals surface area contributed by atoms with Crippen molar-refractivity contribution in [1.82, 2.24) is 5.32 Å². The molecule has 1 N–H and O–H groups in total. The maximum Gasteiger partial charge on any atom is 0.328 e. The molecule has 0 bridgehead atoms. The second-order valence-corrected chi connectivity index (χ2v) is 7.33. The van der Waals surface area contributed by atoms with Crippen LogP contribution in [0.5, 0.6) is 5.75 Å². The fourth-order valence-corrected chi connectivity index (χ4v) is 3.09. The first-order valence-corrected chi connectivity index (χ1v) is 10.7. The second kappa shape index (κ2) is 12.0. The number of benzene rings is 2. The molecule has 0 fully saturated rings. The maximum atomic E-state index is 12.5. The van der Waals surface area contributed by atoms with E-state index in [4.69, 9.17) is 26.3 Å². The van der Waals surface area contributed by atoms with Crippen LogP contribution in [0.15, 0.2) is 48.5 Å². The molecule has 0 saturated carbocycles. The van der Waals surface area contributed by atoms with Gasteiger partial charge in [0.15, 0.2) is 0 Å². The molecule has 6 nitrogen and oxygen atoms in total. The highest BCUT2D eigenvalue weighted by atomic mass is 35.5. The number of halogens is 1. The molecule has 2 aromatic rings. The Hall–Kier alpha value is -2.69. The second-order valence-electron chi connectivity index (χ2n) is 5.94. The van der Waals surface area contributed by atoms with Gasteiger partial charge in [-0.25, -0.2) is 4.79 Å². The van der Waals surface area contributed by atoms with Crippen molar-refractivity contribution in [3.8, 4) is 11.8 Å². The van der Waals surface area contributed by atoms with Crippen LogP contribution in [0.4, 0.5) is 0 Å². The Morgan fingerprint density at radius 3 is 2.55 bits per heavy atom. The van der Waals surface area contributed by atoms with E-state index in [1.165, 1.54) is 0 Å². The van der Waals surface area contributed by atoms with Gasteiger partial charge in [0.2, 0.25) is 0 Å². The van der Waals surface area contributed by atoms with Crippen LogP contribution < -0.4 is 10.1 Å². The third-order valence-electron chi connectivity index (χ3n) is 3.90. The minimum Gasteiger partial charge on any atom is -0.490 e. The summed E-state index contributed by atoms with van der Waals surface area (Å²) in [6, 6.07) is 14.5. The molecule has 0 aliphatic carbocycles. The Bertz CT molecular complexity index is 868. The molecule has 1 atom stereocenters. The van der Waals surface area contributed by atoms with Gasteiger partial charge in [-0.1, -0.05) is 23.7 Å². The van der Waals surface area contributed by atoms with Crippen molar-refractivity contribution in [2.45, 2.75) is 12.5 Å². The molecule has 29 heavy (non-hydrogen) atoms. The zero-order chi connectivity index (χ0) is 21.1. The summed E-state index contributed by atoms with van der Waals surface area (Å²) in [5.74, 6) is 0.311. The lowest BCUT2D eigenvalue weighted by molar-refractivity contribution is -0.146. The molecule has 0 saturated heterocycles. The Kier molecular flexibility index (Phi) is 9.35. The summed E-state index contributed by atoms with van der Waals surface area (Å²) in [6.07, 6.45) is 2.36. The molecule has 1 amide bonds. The Morgan fingerprint density at radius 2 is 1.90 bits per heavy atom. The van der Waals surface area contributed by atoms with Gasteiger partial charge in [0.25, 0.3) is 5.91 Å². The number of esters is 1. The van der Waals surface area contributed by atoms with Crippen LogP contribution in [0.25, 0.3) is 0 Å². The van der Waals surface area contributed by atoms with Crippen molar-refractivity contribution < 1.29 is 19.1 Å². The molecule has 0 spiro atoms. The lowest BCUT2D eigenvalue weighted by atomic mass is 10.1. The molecule has 0 aliphatic heterocycles. The summed E-state index contributed by atoms with van der Waals surface area (Å²) < 4.78 is 10.7. The minimum absolute atomic E-state index is 0.0383. The average molecular weight is 433 g/mol. The molecule has 1 unspecified atom stereocenters. The summed E-state index contributed by atoms with van der Waals surface area (Å²) in [5.41, 5.74) is 0.843. The molecule has 2 rings (SSSR count). The largest absolute Gasteiger partial charge is 0.490 e. The molecule has 0 radical (unpaired) electrons. The highest BCUT2D eigenvalue weighted by Gasteiger charge is 2.23. The zero-order valence-corrected chi connectivity index (χ0v) is 17.5. The van der Waals surface area contributed by atoms with Gasteiger partial charge in [-0.2, -0.15) is 17.0 Å². The fraction of sp³-hybridized carbons (Fsp3) is 0.286. The first kappa shape index (κ1) is 22.6. The first-order valence-electron chi connectivity index (χ1n) is 8.89. The van der Waals surface area contributed by atoms with Crippen molar-refractivity contribution in [2.75, 3.05) is 25.2 Å². The van der Waals surface area contributed by atoms with Gasteiger partial charge in [-0.05, 0) is 54.8 Å². The van der Waals surface area contributed by atoms with Crippen LogP contribution in [0.2, 0.25) is 5.02 Å². The van der Waals surface area contributed by atoms with Crippen LogP contribution in [0.1, 0.15) is 22.3 Å². The molecule has 0 heterocycles. The van der Waals surface area contributed by atoms with Gasteiger partial charge >= 0.3 is 5.97 Å².